The van der Waals surface area contributed by atoms with Crippen LogP contribution in [0.3, 0.4) is 0 Å². The molecular formula is C20H23FIN3O2. The minimum atomic E-state index is -0.259. The quantitative estimate of drug-likeness (QED) is 0.275. The van der Waals surface area contributed by atoms with Gasteiger partial charge in [-0.3, -0.25) is 4.99 Å². The lowest BCUT2D eigenvalue weighted by atomic mass is 10.2. The molecule has 0 spiro atoms. The van der Waals surface area contributed by atoms with Crippen LogP contribution in [0, 0.1) is 18.2 Å². The normalized spacial score (nSPS) is 10.4. The maximum absolute atomic E-state index is 13.2. The molecule has 2 aromatic rings. The average molecular weight is 483 g/mol. The third kappa shape index (κ3) is 7.35. The van der Waals surface area contributed by atoms with Gasteiger partial charge in [0.05, 0.1) is 7.11 Å². The lowest BCUT2D eigenvalue weighted by Gasteiger charge is -2.14. The van der Waals surface area contributed by atoms with Gasteiger partial charge in [0, 0.05) is 20.1 Å². The Balaban J connectivity index is 0.00000364. The zero-order valence-corrected chi connectivity index (χ0v) is 17.6. The number of terminal acetylenes is 1. The molecule has 5 nitrogen and oxygen atoms in total. The summed E-state index contributed by atoms with van der Waals surface area (Å²) in [5.41, 5.74) is 1.81. The second kappa shape index (κ2) is 12.0. The Hall–Kier alpha value is -2.47. The number of guanidine groups is 1. The summed E-state index contributed by atoms with van der Waals surface area (Å²) in [5, 5.41) is 6.34. The van der Waals surface area contributed by atoms with Crippen molar-refractivity contribution in [3.8, 4) is 23.8 Å². The van der Waals surface area contributed by atoms with Crippen molar-refractivity contribution in [1.29, 1.82) is 0 Å². The first-order valence-electron chi connectivity index (χ1n) is 8.08. The molecule has 0 aliphatic rings. The minimum absolute atomic E-state index is 0. The highest BCUT2D eigenvalue weighted by atomic mass is 127. The van der Waals surface area contributed by atoms with Crippen LogP contribution in [-0.4, -0.2) is 26.7 Å². The van der Waals surface area contributed by atoms with E-state index in [9.17, 15) is 4.39 Å². The molecule has 0 radical (unpaired) electrons. The fraction of sp³-hybridized carbons (Fsp3) is 0.250. The molecule has 7 heteroatoms. The van der Waals surface area contributed by atoms with Crippen LogP contribution in [0.4, 0.5) is 4.39 Å². The molecule has 0 unspecified atom stereocenters. The Labute approximate surface area is 176 Å². The lowest BCUT2D eigenvalue weighted by molar-refractivity contribution is 0.330. The van der Waals surface area contributed by atoms with Crippen molar-refractivity contribution in [2.24, 2.45) is 4.99 Å². The van der Waals surface area contributed by atoms with Crippen molar-refractivity contribution in [2.45, 2.75) is 13.1 Å². The van der Waals surface area contributed by atoms with Crippen LogP contribution in [0.1, 0.15) is 11.1 Å². The molecule has 0 aliphatic heterocycles. The first-order valence-corrected chi connectivity index (χ1v) is 8.08. The predicted octanol–water partition coefficient (Wildman–Crippen LogP) is 3.33. The fourth-order valence-corrected chi connectivity index (χ4v) is 2.30. The predicted molar refractivity (Wildman–Crippen MR) is 116 cm³/mol. The summed E-state index contributed by atoms with van der Waals surface area (Å²) in [5.74, 6) is 3.99. The zero-order valence-electron chi connectivity index (χ0n) is 15.3. The second-order valence-corrected chi connectivity index (χ2v) is 5.39. The second-order valence-electron chi connectivity index (χ2n) is 5.39. The number of rotatable bonds is 7. The monoisotopic (exact) mass is 483 g/mol. The van der Waals surface area contributed by atoms with Crippen LogP contribution in [-0.2, 0) is 13.1 Å². The van der Waals surface area contributed by atoms with E-state index in [-0.39, 0.29) is 36.4 Å². The van der Waals surface area contributed by atoms with E-state index >= 15 is 0 Å². The number of nitrogens with one attached hydrogen (secondary N) is 2. The number of benzene rings is 2. The fourth-order valence-electron chi connectivity index (χ4n) is 2.30. The molecule has 0 aliphatic carbocycles. The van der Waals surface area contributed by atoms with E-state index in [1.165, 1.54) is 12.1 Å². The molecule has 0 fully saturated rings. The van der Waals surface area contributed by atoms with Gasteiger partial charge in [0.2, 0.25) is 0 Å². The summed E-state index contributed by atoms with van der Waals surface area (Å²) in [6.45, 7) is 1.17. The molecule has 0 saturated carbocycles. The van der Waals surface area contributed by atoms with Crippen LogP contribution in [0.2, 0.25) is 0 Å². The van der Waals surface area contributed by atoms with Crippen molar-refractivity contribution in [1.82, 2.24) is 10.6 Å². The molecule has 2 rings (SSSR count). The van der Waals surface area contributed by atoms with E-state index < -0.39 is 0 Å². The van der Waals surface area contributed by atoms with Gasteiger partial charge in [-0.1, -0.05) is 24.1 Å². The first-order chi connectivity index (χ1) is 12.7. The average Bonchev–Trinajstić information content (AvgIpc) is 2.66. The molecule has 2 N–H and O–H groups in total. The molecular weight excluding hydrogens is 460 g/mol. The van der Waals surface area contributed by atoms with E-state index in [0.29, 0.717) is 30.5 Å². The van der Waals surface area contributed by atoms with Crippen LogP contribution >= 0.6 is 24.0 Å². The molecule has 2 aromatic carbocycles. The highest BCUT2D eigenvalue weighted by Gasteiger charge is 2.06. The molecule has 144 valence electrons. The number of hydrogen-bond acceptors (Lipinski definition) is 3. The standard InChI is InChI=1S/C20H22FN3O2.HI/c1-4-10-26-19-12-16(8-9-18(19)25-3)14-24-20(22-2)23-13-15-6-5-7-17(21)11-15;/h1,5-9,11-12H,10,13-14H2,2-3H3,(H2,22,23,24);1H. The van der Waals surface area contributed by atoms with Gasteiger partial charge in [0.15, 0.2) is 17.5 Å². The van der Waals surface area contributed by atoms with Crippen LogP contribution in [0.25, 0.3) is 0 Å². The van der Waals surface area contributed by atoms with Gasteiger partial charge >= 0.3 is 0 Å². The zero-order chi connectivity index (χ0) is 18.8. The number of halogens is 2. The van der Waals surface area contributed by atoms with Gasteiger partial charge in [-0.15, -0.1) is 30.4 Å². The molecule has 0 bridgehead atoms. The van der Waals surface area contributed by atoms with E-state index in [1.54, 1.807) is 20.2 Å². The van der Waals surface area contributed by atoms with Crippen molar-refractivity contribution in [3.63, 3.8) is 0 Å². The van der Waals surface area contributed by atoms with E-state index in [0.717, 1.165) is 11.1 Å². The highest BCUT2D eigenvalue weighted by Crippen LogP contribution is 2.27. The molecule has 0 atom stereocenters. The topological polar surface area (TPSA) is 54.9 Å². The maximum atomic E-state index is 13.2. The van der Waals surface area contributed by atoms with Gasteiger partial charge in [0.1, 0.15) is 12.4 Å². The Morgan fingerprint density at radius 1 is 1.11 bits per heavy atom. The van der Waals surface area contributed by atoms with Crippen LogP contribution < -0.4 is 20.1 Å². The number of methoxy groups -OCH3 is 1. The lowest BCUT2D eigenvalue weighted by Crippen LogP contribution is -2.36. The van der Waals surface area contributed by atoms with Gasteiger partial charge in [-0.2, -0.15) is 0 Å². The van der Waals surface area contributed by atoms with Gasteiger partial charge in [-0.25, -0.2) is 4.39 Å². The Kier molecular flexibility index (Phi) is 10.0. The Morgan fingerprint density at radius 2 is 1.81 bits per heavy atom. The Morgan fingerprint density at radius 3 is 2.41 bits per heavy atom. The number of hydrogen-bond donors (Lipinski definition) is 2. The maximum Gasteiger partial charge on any atom is 0.191 e. The van der Waals surface area contributed by atoms with Crippen molar-refractivity contribution in [3.05, 3.63) is 59.4 Å². The summed E-state index contributed by atoms with van der Waals surface area (Å²) in [6, 6.07) is 12.0. The molecule has 0 amide bonds. The summed E-state index contributed by atoms with van der Waals surface area (Å²) in [6.07, 6.45) is 5.24. The number of ether oxygens (including phenoxy) is 2. The third-order valence-corrected chi connectivity index (χ3v) is 3.57. The molecule has 0 saturated heterocycles. The third-order valence-electron chi connectivity index (χ3n) is 3.57. The minimum Gasteiger partial charge on any atom is -0.493 e. The Bertz CT molecular complexity index is 806. The molecule has 0 heterocycles. The smallest absolute Gasteiger partial charge is 0.191 e. The van der Waals surface area contributed by atoms with Crippen LogP contribution in [0.5, 0.6) is 11.5 Å². The summed E-state index contributed by atoms with van der Waals surface area (Å²) >= 11 is 0. The van der Waals surface area contributed by atoms with E-state index in [1.807, 2.05) is 24.3 Å². The summed E-state index contributed by atoms with van der Waals surface area (Å²) in [4.78, 5) is 4.16. The SMILES string of the molecule is C#CCOc1cc(CNC(=NC)NCc2cccc(F)c2)ccc1OC.I. The van der Waals surface area contributed by atoms with Gasteiger partial charge < -0.3 is 20.1 Å². The van der Waals surface area contributed by atoms with Crippen molar-refractivity contribution in [2.75, 3.05) is 20.8 Å². The van der Waals surface area contributed by atoms with E-state index in [2.05, 4.69) is 21.5 Å². The van der Waals surface area contributed by atoms with Gasteiger partial charge in [0.25, 0.3) is 0 Å². The summed E-state index contributed by atoms with van der Waals surface area (Å²) < 4.78 is 24.0. The van der Waals surface area contributed by atoms with Gasteiger partial charge in [-0.05, 0) is 35.4 Å². The highest BCUT2D eigenvalue weighted by molar-refractivity contribution is 14.0. The first kappa shape index (κ1) is 22.6. The molecule has 0 aromatic heterocycles. The van der Waals surface area contributed by atoms with Crippen molar-refractivity contribution >= 4 is 29.9 Å². The summed E-state index contributed by atoms with van der Waals surface area (Å²) in [7, 11) is 3.25. The van der Waals surface area contributed by atoms with Crippen molar-refractivity contribution < 1.29 is 13.9 Å². The number of aliphatic imine (C=N–C) groups is 1. The molecule has 27 heavy (non-hydrogen) atoms. The van der Waals surface area contributed by atoms with Crippen LogP contribution in [0.15, 0.2) is 47.5 Å². The van der Waals surface area contributed by atoms with E-state index in [4.69, 9.17) is 15.9 Å². The largest absolute Gasteiger partial charge is 0.493 e. The number of nitrogens with zero attached hydrogens (tertiary/aromatic N) is 1.